The van der Waals surface area contributed by atoms with Crippen molar-refractivity contribution in [2.24, 2.45) is 5.73 Å². The molecule has 0 unspecified atom stereocenters. The number of amides is 1. The van der Waals surface area contributed by atoms with E-state index < -0.39 is 23.3 Å². The van der Waals surface area contributed by atoms with E-state index in [4.69, 9.17) is 19.9 Å². The highest BCUT2D eigenvalue weighted by atomic mass is 16.6. The van der Waals surface area contributed by atoms with Gasteiger partial charge in [-0.1, -0.05) is 31.7 Å². The molecule has 0 fully saturated rings. The van der Waals surface area contributed by atoms with Crippen molar-refractivity contribution < 1.29 is 28.6 Å². The molecule has 1 spiro atoms. The van der Waals surface area contributed by atoms with Crippen LogP contribution in [0.2, 0.25) is 0 Å². The van der Waals surface area contributed by atoms with E-state index in [0.717, 1.165) is 0 Å². The van der Waals surface area contributed by atoms with Crippen LogP contribution in [0.5, 0.6) is 0 Å². The first kappa shape index (κ1) is 23.6. The lowest BCUT2D eigenvalue weighted by Gasteiger charge is -2.34. The van der Waals surface area contributed by atoms with Gasteiger partial charge in [0.15, 0.2) is 5.41 Å². The van der Waals surface area contributed by atoms with Crippen LogP contribution in [0.25, 0.3) is 0 Å². The number of nitrogens with zero attached hydrogens (tertiary/aromatic N) is 2. The molecule has 1 amide bonds. The van der Waals surface area contributed by atoms with Gasteiger partial charge >= 0.3 is 11.9 Å². The molecule has 0 saturated carbocycles. The Morgan fingerprint density at radius 1 is 1.27 bits per heavy atom. The van der Waals surface area contributed by atoms with Gasteiger partial charge in [0.2, 0.25) is 11.8 Å². The largest absolute Gasteiger partial charge is 0.459 e. The van der Waals surface area contributed by atoms with Gasteiger partial charge in [0.25, 0.3) is 0 Å². The Kier molecular flexibility index (Phi) is 6.58. The number of nitrogens with two attached hydrogens (primary N) is 1. The fraction of sp³-hybridized carbons (Fsp3) is 0.333. The fourth-order valence-corrected chi connectivity index (χ4v) is 4.12. The minimum atomic E-state index is -1.79. The predicted molar refractivity (Wildman–Crippen MR) is 118 cm³/mol. The van der Waals surface area contributed by atoms with Gasteiger partial charge in [-0.15, -0.1) is 0 Å². The summed E-state index contributed by atoms with van der Waals surface area (Å²) >= 11 is 0. The Morgan fingerprint density at radius 2 is 1.94 bits per heavy atom. The second kappa shape index (κ2) is 9.20. The first-order valence-corrected chi connectivity index (χ1v) is 10.4. The number of carbonyl (C=O) groups excluding carboxylic acids is 3. The van der Waals surface area contributed by atoms with Crippen LogP contribution in [0.3, 0.4) is 0 Å². The Balaban J connectivity index is 2.07. The molecule has 1 atom stereocenters. The third-order valence-electron chi connectivity index (χ3n) is 5.44. The molecule has 9 heteroatoms. The molecule has 0 aromatic heterocycles. The smallest absolute Gasteiger partial charge is 0.339 e. The second-order valence-electron chi connectivity index (χ2n) is 7.66. The molecule has 0 radical (unpaired) electrons. The summed E-state index contributed by atoms with van der Waals surface area (Å²) in [5.74, 6) is -2.16. The predicted octanol–water partition coefficient (Wildman–Crippen LogP) is 2.34. The van der Waals surface area contributed by atoms with Crippen LogP contribution >= 0.6 is 0 Å². The number of anilines is 1. The third-order valence-corrected chi connectivity index (χ3v) is 5.44. The molecule has 0 aliphatic carbocycles. The first-order valence-electron chi connectivity index (χ1n) is 10.4. The monoisotopic (exact) mass is 451 g/mol. The number of allylic oxidation sites excluding steroid dienone is 1. The number of hydrogen-bond acceptors (Lipinski definition) is 8. The third kappa shape index (κ3) is 3.74. The van der Waals surface area contributed by atoms with E-state index in [1.807, 2.05) is 13.0 Å². The first-order chi connectivity index (χ1) is 15.7. The summed E-state index contributed by atoms with van der Waals surface area (Å²) in [5, 5.41) is 9.98. The van der Waals surface area contributed by atoms with E-state index in [0.29, 0.717) is 24.2 Å². The number of rotatable bonds is 7. The Hall–Kier alpha value is -4.06. The van der Waals surface area contributed by atoms with Crippen LogP contribution in [0.4, 0.5) is 5.69 Å². The zero-order chi connectivity index (χ0) is 24.3. The lowest BCUT2D eigenvalue weighted by atomic mass is 9.68. The summed E-state index contributed by atoms with van der Waals surface area (Å²) in [6.07, 6.45) is 0.657. The van der Waals surface area contributed by atoms with Crippen molar-refractivity contribution in [1.29, 1.82) is 5.26 Å². The summed E-state index contributed by atoms with van der Waals surface area (Å²) in [7, 11) is 0. The van der Waals surface area contributed by atoms with Crippen LogP contribution in [0, 0.1) is 11.3 Å². The topological polar surface area (TPSA) is 132 Å². The number of hydrogen-bond donors (Lipinski definition) is 1. The van der Waals surface area contributed by atoms with Gasteiger partial charge in [0, 0.05) is 23.4 Å². The van der Waals surface area contributed by atoms with Crippen molar-refractivity contribution in [3.05, 3.63) is 64.8 Å². The quantitative estimate of drug-likeness (QED) is 0.380. The summed E-state index contributed by atoms with van der Waals surface area (Å²) < 4.78 is 15.8. The van der Waals surface area contributed by atoms with E-state index >= 15 is 0 Å². The number of para-hydroxylation sites is 1. The molecule has 2 heterocycles. The molecule has 1 aromatic carbocycles. The van der Waals surface area contributed by atoms with E-state index in [9.17, 15) is 19.6 Å². The Labute approximate surface area is 191 Å². The van der Waals surface area contributed by atoms with Gasteiger partial charge in [0.1, 0.15) is 36.2 Å². The number of nitriles is 1. The van der Waals surface area contributed by atoms with E-state index in [2.05, 4.69) is 6.58 Å². The highest BCUT2D eigenvalue weighted by Gasteiger charge is 2.61. The zero-order valence-corrected chi connectivity index (χ0v) is 18.8. The van der Waals surface area contributed by atoms with Crippen LogP contribution < -0.4 is 10.6 Å². The fourth-order valence-electron chi connectivity index (χ4n) is 4.12. The number of fused-ring (bicyclic) bond motifs is 2. The summed E-state index contributed by atoms with van der Waals surface area (Å²) in [6.45, 7) is 8.30. The second-order valence-corrected chi connectivity index (χ2v) is 7.66. The zero-order valence-electron chi connectivity index (χ0n) is 18.8. The van der Waals surface area contributed by atoms with E-state index in [1.165, 1.54) is 13.8 Å². The molecule has 2 aliphatic rings. The highest BCUT2D eigenvalue weighted by Crippen LogP contribution is 2.54. The van der Waals surface area contributed by atoms with Crippen LogP contribution in [0.15, 0.2) is 59.2 Å². The molecule has 2 aliphatic heterocycles. The highest BCUT2D eigenvalue weighted by molar-refractivity contribution is 6.18. The van der Waals surface area contributed by atoms with Crippen molar-refractivity contribution in [3.63, 3.8) is 0 Å². The maximum absolute atomic E-state index is 13.9. The van der Waals surface area contributed by atoms with Crippen LogP contribution in [0.1, 0.15) is 32.8 Å². The summed E-state index contributed by atoms with van der Waals surface area (Å²) in [6, 6.07) is 8.92. The summed E-state index contributed by atoms with van der Waals surface area (Å²) in [4.78, 5) is 40.3. The lowest BCUT2D eigenvalue weighted by Crippen LogP contribution is -2.48. The summed E-state index contributed by atoms with van der Waals surface area (Å²) in [5.41, 5.74) is 5.18. The molecule has 9 nitrogen and oxygen atoms in total. The molecule has 0 saturated heterocycles. The number of esters is 2. The average Bonchev–Trinajstić information content (AvgIpc) is 3.00. The minimum Gasteiger partial charge on any atom is -0.459 e. The molecular formula is C24H25N3O6. The van der Waals surface area contributed by atoms with Crippen LogP contribution in [-0.2, 0) is 34.0 Å². The standard InChI is InChI=1S/C24H25N3O6/c1-5-10-27-18-9-7-6-8-16(18)24(23(27)30)17(13-25)20(26)33-15(4)19(24)22(29)32-12-11-31-21(28)14(2)3/h6-9H,2,5,10-12,26H2,1,3-4H3/t24-/m1/s1. The van der Waals surface area contributed by atoms with Gasteiger partial charge < -0.3 is 24.8 Å². The van der Waals surface area contributed by atoms with Crippen molar-refractivity contribution in [2.75, 3.05) is 24.7 Å². The molecule has 1 aromatic rings. The van der Waals surface area contributed by atoms with E-state index in [-0.39, 0.29) is 41.6 Å². The van der Waals surface area contributed by atoms with Gasteiger partial charge in [-0.25, -0.2) is 9.59 Å². The minimum absolute atomic E-state index is 0.0527. The van der Waals surface area contributed by atoms with Gasteiger partial charge in [-0.3, -0.25) is 4.79 Å². The normalized spacial score (nSPS) is 19.2. The number of ether oxygens (including phenoxy) is 3. The molecule has 172 valence electrons. The van der Waals surface area contributed by atoms with Crippen molar-refractivity contribution in [1.82, 2.24) is 0 Å². The van der Waals surface area contributed by atoms with E-state index in [1.54, 1.807) is 29.2 Å². The van der Waals surface area contributed by atoms with Crippen molar-refractivity contribution in [2.45, 2.75) is 32.6 Å². The van der Waals surface area contributed by atoms with Gasteiger partial charge in [-0.2, -0.15) is 5.26 Å². The van der Waals surface area contributed by atoms with Crippen molar-refractivity contribution >= 4 is 23.5 Å². The maximum Gasteiger partial charge on any atom is 0.339 e. The molecule has 33 heavy (non-hydrogen) atoms. The van der Waals surface area contributed by atoms with Gasteiger partial charge in [-0.05, 0) is 26.3 Å². The number of carbonyl (C=O) groups is 3. The van der Waals surface area contributed by atoms with Crippen molar-refractivity contribution in [3.8, 4) is 6.07 Å². The SMILES string of the molecule is C=C(C)C(=O)OCCOC(=O)C1=C(C)OC(N)=C(C#N)[C@@]12C(=O)N(CCC)c1ccccc12. The molecule has 0 bridgehead atoms. The number of benzene rings is 1. The average molecular weight is 451 g/mol. The molecular weight excluding hydrogens is 426 g/mol. The maximum atomic E-state index is 13.9. The van der Waals surface area contributed by atoms with Gasteiger partial charge in [0.05, 0.1) is 0 Å². The lowest BCUT2D eigenvalue weighted by molar-refractivity contribution is -0.148. The Morgan fingerprint density at radius 3 is 2.58 bits per heavy atom. The molecule has 2 N–H and O–H groups in total. The van der Waals surface area contributed by atoms with Crippen LogP contribution in [-0.4, -0.2) is 37.6 Å². The Bertz CT molecular complexity index is 1140. The molecule has 3 rings (SSSR count).